The van der Waals surface area contributed by atoms with Crippen molar-refractivity contribution in [3.8, 4) is 0 Å². The third-order valence-corrected chi connectivity index (χ3v) is 3.60. The number of carbonyl (C=O) groups is 1. The Morgan fingerprint density at radius 3 is 2.72 bits per heavy atom. The monoisotopic (exact) mass is 265 g/mol. The van der Waals surface area contributed by atoms with E-state index in [2.05, 4.69) is 4.98 Å². The standard InChI is InChI=1S/C14H16ClNO2/c1-8-6-9-11(16-8)5-4-10(13(9)15)14(2,3)7-12(17)18/h4-6,16H,7H2,1-3H3,(H,17,18). The Labute approximate surface area is 111 Å². The highest BCUT2D eigenvalue weighted by Gasteiger charge is 2.27. The van der Waals surface area contributed by atoms with Crippen molar-refractivity contribution in [1.29, 1.82) is 0 Å². The van der Waals surface area contributed by atoms with Crippen LogP contribution in [0.3, 0.4) is 0 Å². The summed E-state index contributed by atoms with van der Waals surface area (Å²) in [5, 5.41) is 10.6. The highest BCUT2D eigenvalue weighted by Crippen LogP contribution is 2.37. The molecule has 0 fully saturated rings. The van der Waals surface area contributed by atoms with Crippen molar-refractivity contribution in [3.63, 3.8) is 0 Å². The van der Waals surface area contributed by atoms with Crippen LogP contribution in [0, 0.1) is 6.92 Å². The molecule has 4 heteroatoms. The molecule has 2 aromatic rings. The van der Waals surface area contributed by atoms with Crippen LogP contribution in [0.5, 0.6) is 0 Å². The topological polar surface area (TPSA) is 53.1 Å². The van der Waals surface area contributed by atoms with Gasteiger partial charge >= 0.3 is 5.97 Å². The minimum Gasteiger partial charge on any atom is -0.481 e. The van der Waals surface area contributed by atoms with Crippen LogP contribution in [0.2, 0.25) is 5.02 Å². The van der Waals surface area contributed by atoms with Gasteiger partial charge in [0.15, 0.2) is 0 Å². The van der Waals surface area contributed by atoms with Crippen molar-refractivity contribution in [3.05, 3.63) is 34.5 Å². The Morgan fingerprint density at radius 1 is 1.44 bits per heavy atom. The molecular formula is C14H16ClNO2. The molecule has 2 rings (SSSR count). The smallest absolute Gasteiger partial charge is 0.304 e. The van der Waals surface area contributed by atoms with Gasteiger partial charge in [-0.15, -0.1) is 0 Å². The van der Waals surface area contributed by atoms with Crippen LogP contribution in [0.15, 0.2) is 18.2 Å². The third-order valence-electron chi connectivity index (χ3n) is 3.19. The first kappa shape index (κ1) is 13.0. The number of hydrogen-bond donors (Lipinski definition) is 2. The molecule has 0 aliphatic carbocycles. The molecule has 0 aliphatic rings. The van der Waals surface area contributed by atoms with Crippen LogP contribution in [0.4, 0.5) is 0 Å². The van der Waals surface area contributed by atoms with Crippen molar-refractivity contribution < 1.29 is 9.90 Å². The molecule has 0 atom stereocenters. The van der Waals surface area contributed by atoms with Gasteiger partial charge in [-0.1, -0.05) is 31.5 Å². The number of aromatic nitrogens is 1. The molecule has 96 valence electrons. The number of carboxylic acid groups (broad SMARTS) is 1. The van der Waals surface area contributed by atoms with Crippen LogP contribution in [0.25, 0.3) is 10.9 Å². The molecule has 0 spiro atoms. The van der Waals surface area contributed by atoms with Gasteiger partial charge < -0.3 is 10.1 Å². The predicted molar refractivity (Wildman–Crippen MR) is 73.3 cm³/mol. The zero-order valence-corrected chi connectivity index (χ0v) is 11.4. The number of carboxylic acids is 1. The van der Waals surface area contributed by atoms with Gasteiger partial charge in [0.2, 0.25) is 0 Å². The summed E-state index contributed by atoms with van der Waals surface area (Å²) >= 11 is 6.41. The summed E-state index contributed by atoms with van der Waals surface area (Å²) in [6.45, 7) is 5.76. The van der Waals surface area contributed by atoms with Gasteiger partial charge in [-0.05, 0) is 24.6 Å². The normalized spacial score (nSPS) is 12.0. The van der Waals surface area contributed by atoms with Crippen molar-refractivity contribution in [1.82, 2.24) is 4.98 Å². The maximum atomic E-state index is 10.9. The van der Waals surface area contributed by atoms with Gasteiger partial charge in [-0.2, -0.15) is 0 Å². The first-order chi connectivity index (χ1) is 8.31. The van der Waals surface area contributed by atoms with Crippen LogP contribution in [-0.4, -0.2) is 16.1 Å². The summed E-state index contributed by atoms with van der Waals surface area (Å²) in [5.41, 5.74) is 2.41. The average Bonchev–Trinajstić information content (AvgIpc) is 2.57. The minimum atomic E-state index is -0.818. The molecule has 0 amide bonds. The number of hydrogen-bond acceptors (Lipinski definition) is 1. The molecule has 1 heterocycles. The molecule has 2 N–H and O–H groups in total. The van der Waals surface area contributed by atoms with Gasteiger partial charge in [0, 0.05) is 22.0 Å². The van der Waals surface area contributed by atoms with Crippen LogP contribution >= 0.6 is 11.6 Å². The van der Waals surface area contributed by atoms with Crippen LogP contribution < -0.4 is 0 Å². The summed E-state index contributed by atoms with van der Waals surface area (Å²) < 4.78 is 0. The van der Waals surface area contributed by atoms with E-state index in [0.717, 1.165) is 22.2 Å². The van der Waals surface area contributed by atoms with Gasteiger partial charge in [0.1, 0.15) is 0 Å². The van der Waals surface area contributed by atoms with Gasteiger partial charge in [-0.25, -0.2) is 0 Å². The number of aryl methyl sites for hydroxylation is 1. The maximum Gasteiger partial charge on any atom is 0.304 e. The number of aromatic amines is 1. The van der Waals surface area contributed by atoms with E-state index in [-0.39, 0.29) is 6.42 Å². The average molecular weight is 266 g/mol. The number of nitrogens with one attached hydrogen (secondary N) is 1. The third kappa shape index (κ3) is 2.23. The predicted octanol–water partition coefficient (Wildman–Crippen LogP) is 3.88. The van der Waals surface area contributed by atoms with Gasteiger partial charge in [0.05, 0.1) is 11.4 Å². The first-order valence-electron chi connectivity index (χ1n) is 5.81. The molecule has 0 saturated heterocycles. The Balaban J connectivity index is 2.57. The van der Waals surface area contributed by atoms with Gasteiger partial charge in [-0.3, -0.25) is 4.79 Å². The Hall–Kier alpha value is -1.48. The van der Waals surface area contributed by atoms with Crippen molar-refractivity contribution in [2.45, 2.75) is 32.6 Å². The summed E-state index contributed by atoms with van der Waals surface area (Å²) in [6.07, 6.45) is 0.0572. The second kappa shape index (κ2) is 4.32. The summed E-state index contributed by atoms with van der Waals surface area (Å²) in [5.74, 6) is -0.818. The molecule has 0 bridgehead atoms. The largest absolute Gasteiger partial charge is 0.481 e. The molecule has 0 unspecified atom stereocenters. The van der Waals surface area contributed by atoms with E-state index in [4.69, 9.17) is 16.7 Å². The Morgan fingerprint density at radius 2 is 2.11 bits per heavy atom. The minimum absolute atomic E-state index is 0.0572. The molecule has 0 radical (unpaired) electrons. The van der Waals surface area contributed by atoms with E-state index in [1.54, 1.807) is 0 Å². The maximum absolute atomic E-state index is 10.9. The lowest BCUT2D eigenvalue weighted by atomic mass is 9.81. The van der Waals surface area contributed by atoms with Crippen molar-refractivity contribution in [2.75, 3.05) is 0 Å². The van der Waals surface area contributed by atoms with Crippen LogP contribution in [-0.2, 0) is 10.2 Å². The van der Waals surface area contributed by atoms with E-state index in [1.165, 1.54) is 0 Å². The lowest BCUT2D eigenvalue weighted by Crippen LogP contribution is -2.22. The number of halogens is 1. The summed E-state index contributed by atoms with van der Waals surface area (Å²) in [4.78, 5) is 14.1. The SMILES string of the molecule is Cc1cc2c(Cl)c(C(C)(C)CC(=O)O)ccc2[nH]1. The highest BCUT2D eigenvalue weighted by atomic mass is 35.5. The van der Waals surface area contributed by atoms with Crippen molar-refractivity contribution >= 4 is 28.5 Å². The molecule has 1 aromatic heterocycles. The highest BCUT2D eigenvalue weighted by molar-refractivity contribution is 6.36. The van der Waals surface area contributed by atoms with E-state index in [9.17, 15) is 4.79 Å². The second-order valence-corrected chi connectivity index (χ2v) is 5.67. The zero-order chi connectivity index (χ0) is 13.5. The van der Waals surface area contributed by atoms with E-state index >= 15 is 0 Å². The van der Waals surface area contributed by atoms with Crippen LogP contribution in [0.1, 0.15) is 31.5 Å². The van der Waals surface area contributed by atoms with E-state index in [0.29, 0.717) is 5.02 Å². The van der Waals surface area contributed by atoms with Gasteiger partial charge in [0.25, 0.3) is 0 Å². The lowest BCUT2D eigenvalue weighted by molar-refractivity contribution is -0.138. The number of rotatable bonds is 3. The van der Waals surface area contributed by atoms with E-state index < -0.39 is 11.4 Å². The fourth-order valence-electron chi connectivity index (χ4n) is 2.30. The summed E-state index contributed by atoms with van der Waals surface area (Å²) in [7, 11) is 0. The fourth-order valence-corrected chi connectivity index (χ4v) is 2.78. The zero-order valence-electron chi connectivity index (χ0n) is 10.7. The van der Waals surface area contributed by atoms with Crippen molar-refractivity contribution in [2.24, 2.45) is 0 Å². The lowest BCUT2D eigenvalue weighted by Gasteiger charge is -2.24. The second-order valence-electron chi connectivity index (χ2n) is 5.30. The first-order valence-corrected chi connectivity index (χ1v) is 6.19. The molecule has 1 aromatic carbocycles. The quantitative estimate of drug-likeness (QED) is 0.885. The number of H-pyrrole nitrogens is 1. The molecule has 18 heavy (non-hydrogen) atoms. The van der Waals surface area contributed by atoms with E-state index in [1.807, 2.05) is 39.0 Å². The summed E-state index contributed by atoms with van der Waals surface area (Å²) in [6, 6.07) is 5.84. The molecule has 0 aliphatic heterocycles. The molecular weight excluding hydrogens is 250 g/mol. The Kier molecular flexibility index (Phi) is 3.11. The number of benzene rings is 1. The number of fused-ring (bicyclic) bond motifs is 1. The molecule has 0 saturated carbocycles. The fraction of sp³-hybridized carbons (Fsp3) is 0.357. The number of aliphatic carboxylic acids is 1. The molecule has 3 nitrogen and oxygen atoms in total. The Bertz CT molecular complexity index is 614.